The van der Waals surface area contributed by atoms with Gasteiger partial charge in [0.25, 0.3) is 0 Å². The van der Waals surface area contributed by atoms with E-state index in [1.807, 2.05) is 12.1 Å². The summed E-state index contributed by atoms with van der Waals surface area (Å²) >= 11 is 0. The van der Waals surface area contributed by atoms with Crippen LogP contribution in [0.3, 0.4) is 0 Å². The highest BCUT2D eigenvalue weighted by molar-refractivity contribution is 5.41. The predicted octanol–water partition coefficient (Wildman–Crippen LogP) is 3.49. The Balaban J connectivity index is 2.12. The Labute approximate surface area is 116 Å². The van der Waals surface area contributed by atoms with Gasteiger partial charge >= 0.3 is 0 Å². The molecule has 1 atom stereocenters. The van der Waals surface area contributed by atoms with Crippen LogP contribution in [-0.2, 0) is 0 Å². The van der Waals surface area contributed by atoms with Crippen LogP contribution in [0.4, 0.5) is 0 Å². The molecule has 0 amide bonds. The van der Waals surface area contributed by atoms with Gasteiger partial charge in [-0.25, -0.2) is 0 Å². The van der Waals surface area contributed by atoms with E-state index in [1.54, 1.807) is 13.2 Å². The fourth-order valence-corrected chi connectivity index (χ4v) is 2.97. The molecule has 0 saturated heterocycles. The first-order valence-corrected chi connectivity index (χ1v) is 6.84. The van der Waals surface area contributed by atoms with Gasteiger partial charge in [-0.1, -0.05) is 33.8 Å². The maximum Gasteiger partial charge on any atom is 0.124 e. The Bertz CT molecular complexity index is 466. The first-order valence-electron chi connectivity index (χ1n) is 6.84. The van der Waals surface area contributed by atoms with E-state index in [0.29, 0.717) is 22.6 Å². The Hall–Kier alpha value is -1.22. The molecule has 1 aliphatic rings. The molecule has 3 heteroatoms. The monoisotopic (exact) mass is 263 g/mol. The standard InChI is InChI=1S/C16H25NO2/c1-10(17-14-15(2,3)16(14,4)5)12-8-7-11(19-6)9-13(12)18/h7-10,14,17-18H,1-6H3. The van der Waals surface area contributed by atoms with Gasteiger partial charge in [-0.2, -0.15) is 0 Å². The third kappa shape index (κ3) is 2.20. The van der Waals surface area contributed by atoms with Crippen molar-refractivity contribution in [2.75, 3.05) is 7.11 Å². The molecule has 0 spiro atoms. The molecule has 1 aliphatic carbocycles. The molecular weight excluding hydrogens is 238 g/mol. The number of nitrogens with one attached hydrogen (secondary N) is 1. The molecular formula is C16H25NO2. The van der Waals surface area contributed by atoms with Crippen molar-refractivity contribution >= 4 is 0 Å². The third-order valence-electron chi connectivity index (χ3n) is 5.14. The van der Waals surface area contributed by atoms with Gasteiger partial charge in [0.05, 0.1) is 7.11 Å². The minimum absolute atomic E-state index is 0.122. The summed E-state index contributed by atoms with van der Waals surface area (Å²) < 4.78 is 5.11. The summed E-state index contributed by atoms with van der Waals surface area (Å²) in [5, 5.41) is 13.7. The topological polar surface area (TPSA) is 41.5 Å². The fourth-order valence-electron chi connectivity index (χ4n) is 2.97. The van der Waals surface area contributed by atoms with E-state index in [0.717, 1.165) is 5.56 Å². The molecule has 0 aliphatic heterocycles. The highest BCUT2D eigenvalue weighted by Gasteiger charge is 2.64. The number of phenols is 1. The Morgan fingerprint density at radius 3 is 2.21 bits per heavy atom. The zero-order chi connectivity index (χ0) is 14.4. The van der Waals surface area contributed by atoms with Crippen molar-refractivity contribution in [2.45, 2.75) is 46.7 Å². The normalized spacial score (nSPS) is 22.0. The van der Waals surface area contributed by atoms with Crippen LogP contribution < -0.4 is 10.1 Å². The van der Waals surface area contributed by atoms with E-state index in [-0.39, 0.29) is 11.8 Å². The molecule has 0 bridgehead atoms. The summed E-state index contributed by atoms with van der Waals surface area (Å²) in [4.78, 5) is 0. The lowest BCUT2D eigenvalue weighted by molar-refractivity contribution is 0.402. The second-order valence-corrected chi connectivity index (χ2v) is 6.69. The molecule has 1 saturated carbocycles. The Kier molecular flexibility index (Phi) is 3.29. The lowest BCUT2D eigenvalue weighted by Crippen LogP contribution is -2.25. The van der Waals surface area contributed by atoms with Gasteiger partial charge in [-0.3, -0.25) is 0 Å². The largest absolute Gasteiger partial charge is 0.507 e. The Morgan fingerprint density at radius 2 is 1.79 bits per heavy atom. The number of benzene rings is 1. The van der Waals surface area contributed by atoms with Crippen molar-refractivity contribution in [3.05, 3.63) is 23.8 Å². The molecule has 0 aromatic heterocycles. The van der Waals surface area contributed by atoms with Crippen LogP contribution in [0.2, 0.25) is 0 Å². The first-order chi connectivity index (χ1) is 8.71. The molecule has 3 nitrogen and oxygen atoms in total. The van der Waals surface area contributed by atoms with Crippen molar-refractivity contribution in [3.63, 3.8) is 0 Å². The smallest absolute Gasteiger partial charge is 0.124 e. The van der Waals surface area contributed by atoms with E-state index in [2.05, 4.69) is 39.9 Å². The van der Waals surface area contributed by atoms with E-state index >= 15 is 0 Å². The molecule has 2 N–H and O–H groups in total. The van der Waals surface area contributed by atoms with Crippen LogP contribution in [0, 0.1) is 10.8 Å². The lowest BCUT2D eigenvalue weighted by atomic mass is 10.0. The van der Waals surface area contributed by atoms with Crippen LogP contribution in [0.15, 0.2) is 18.2 Å². The zero-order valence-electron chi connectivity index (χ0n) is 12.7. The molecule has 1 unspecified atom stereocenters. The zero-order valence-corrected chi connectivity index (χ0v) is 12.7. The minimum atomic E-state index is 0.122. The molecule has 2 rings (SSSR count). The molecule has 0 radical (unpaired) electrons. The summed E-state index contributed by atoms with van der Waals surface area (Å²) in [5.74, 6) is 0.969. The molecule has 1 fully saturated rings. The van der Waals surface area contributed by atoms with Gasteiger partial charge in [0.15, 0.2) is 0 Å². The number of phenolic OH excluding ortho intramolecular Hbond substituents is 1. The van der Waals surface area contributed by atoms with Gasteiger partial charge in [0.1, 0.15) is 11.5 Å². The fraction of sp³-hybridized carbons (Fsp3) is 0.625. The van der Waals surface area contributed by atoms with Crippen molar-refractivity contribution in [3.8, 4) is 11.5 Å². The van der Waals surface area contributed by atoms with Gasteiger partial charge in [-0.15, -0.1) is 0 Å². The summed E-state index contributed by atoms with van der Waals surface area (Å²) in [6, 6.07) is 6.06. The highest BCUT2D eigenvalue weighted by atomic mass is 16.5. The average Bonchev–Trinajstić information content (AvgIpc) is 2.71. The Morgan fingerprint density at radius 1 is 1.21 bits per heavy atom. The molecule has 0 heterocycles. The lowest BCUT2D eigenvalue weighted by Gasteiger charge is -2.17. The molecule has 1 aromatic carbocycles. The predicted molar refractivity (Wildman–Crippen MR) is 77.6 cm³/mol. The van der Waals surface area contributed by atoms with E-state index in [9.17, 15) is 5.11 Å². The number of aromatic hydroxyl groups is 1. The maximum atomic E-state index is 10.1. The van der Waals surface area contributed by atoms with Gasteiger partial charge in [-0.05, 0) is 23.8 Å². The molecule has 1 aromatic rings. The summed E-state index contributed by atoms with van der Waals surface area (Å²) in [7, 11) is 1.60. The number of methoxy groups -OCH3 is 1. The minimum Gasteiger partial charge on any atom is -0.507 e. The number of hydrogen-bond donors (Lipinski definition) is 2. The van der Waals surface area contributed by atoms with Gasteiger partial charge < -0.3 is 15.2 Å². The van der Waals surface area contributed by atoms with Crippen molar-refractivity contribution in [2.24, 2.45) is 10.8 Å². The maximum absolute atomic E-state index is 10.1. The average molecular weight is 263 g/mol. The quantitative estimate of drug-likeness (QED) is 0.873. The van der Waals surface area contributed by atoms with Crippen LogP contribution in [0.1, 0.15) is 46.2 Å². The van der Waals surface area contributed by atoms with E-state index in [1.165, 1.54) is 0 Å². The van der Waals surface area contributed by atoms with Crippen LogP contribution in [-0.4, -0.2) is 18.3 Å². The summed E-state index contributed by atoms with van der Waals surface area (Å²) in [6.45, 7) is 11.2. The SMILES string of the molecule is COc1ccc(C(C)NC2C(C)(C)C2(C)C)c(O)c1. The molecule has 106 valence electrons. The van der Waals surface area contributed by atoms with Gasteiger partial charge in [0.2, 0.25) is 0 Å². The third-order valence-corrected chi connectivity index (χ3v) is 5.14. The van der Waals surface area contributed by atoms with Crippen molar-refractivity contribution in [1.82, 2.24) is 5.32 Å². The van der Waals surface area contributed by atoms with Crippen LogP contribution >= 0.6 is 0 Å². The van der Waals surface area contributed by atoms with Crippen LogP contribution in [0.5, 0.6) is 11.5 Å². The molecule has 19 heavy (non-hydrogen) atoms. The van der Waals surface area contributed by atoms with Crippen LogP contribution in [0.25, 0.3) is 0 Å². The second kappa shape index (κ2) is 4.41. The van der Waals surface area contributed by atoms with E-state index < -0.39 is 0 Å². The summed E-state index contributed by atoms with van der Waals surface area (Å²) in [5.41, 5.74) is 1.51. The number of rotatable bonds is 4. The number of hydrogen-bond acceptors (Lipinski definition) is 3. The summed E-state index contributed by atoms with van der Waals surface area (Å²) in [6.07, 6.45) is 0. The van der Waals surface area contributed by atoms with E-state index in [4.69, 9.17) is 4.74 Å². The van der Waals surface area contributed by atoms with Crippen molar-refractivity contribution in [1.29, 1.82) is 0 Å². The van der Waals surface area contributed by atoms with Crippen molar-refractivity contribution < 1.29 is 9.84 Å². The highest BCUT2D eigenvalue weighted by Crippen LogP contribution is 2.63. The van der Waals surface area contributed by atoms with Gasteiger partial charge in [0, 0.05) is 23.7 Å². The number of ether oxygens (including phenoxy) is 1. The first kappa shape index (κ1) is 14.2. The second-order valence-electron chi connectivity index (χ2n) is 6.69.